The van der Waals surface area contributed by atoms with E-state index in [1.54, 1.807) is 13.4 Å². The molecule has 3 aromatic rings. The molecule has 94 valence electrons. The minimum atomic E-state index is 0.867. The lowest BCUT2D eigenvalue weighted by atomic mass is 10.0. The fraction of sp³-hybridized carbons (Fsp3) is 0.0588. The van der Waals surface area contributed by atoms with Crippen LogP contribution < -0.4 is 4.74 Å². The molecular formula is C17H14O2. The van der Waals surface area contributed by atoms with E-state index in [4.69, 9.17) is 9.15 Å². The van der Waals surface area contributed by atoms with E-state index < -0.39 is 0 Å². The zero-order valence-electron chi connectivity index (χ0n) is 10.7. The third-order valence-corrected chi connectivity index (χ3v) is 3.09. The Bertz CT molecular complexity index is 652. The van der Waals surface area contributed by atoms with E-state index in [-0.39, 0.29) is 0 Å². The summed E-state index contributed by atoms with van der Waals surface area (Å²) in [5.41, 5.74) is 3.41. The Morgan fingerprint density at radius 1 is 0.789 bits per heavy atom. The van der Waals surface area contributed by atoms with Gasteiger partial charge in [0, 0.05) is 5.56 Å². The Morgan fingerprint density at radius 3 is 2.26 bits per heavy atom. The lowest BCUT2D eigenvalue weighted by molar-refractivity contribution is 0.415. The predicted molar refractivity (Wildman–Crippen MR) is 76.1 cm³/mol. The Labute approximate surface area is 112 Å². The van der Waals surface area contributed by atoms with Gasteiger partial charge in [-0.2, -0.15) is 0 Å². The minimum Gasteiger partial charge on any atom is -0.497 e. The zero-order chi connectivity index (χ0) is 13.1. The molecule has 0 N–H and O–H groups in total. The fourth-order valence-corrected chi connectivity index (χ4v) is 2.08. The Kier molecular flexibility index (Phi) is 3.07. The summed E-state index contributed by atoms with van der Waals surface area (Å²) in [6, 6.07) is 20.2. The van der Waals surface area contributed by atoms with Crippen LogP contribution in [0.15, 0.2) is 71.3 Å². The van der Waals surface area contributed by atoms with Crippen LogP contribution in [-0.2, 0) is 0 Å². The molecule has 0 saturated carbocycles. The van der Waals surface area contributed by atoms with Crippen molar-refractivity contribution in [3.05, 3.63) is 66.9 Å². The molecule has 19 heavy (non-hydrogen) atoms. The quantitative estimate of drug-likeness (QED) is 0.676. The van der Waals surface area contributed by atoms with Crippen LogP contribution in [0, 0.1) is 0 Å². The highest BCUT2D eigenvalue weighted by atomic mass is 16.5. The van der Waals surface area contributed by atoms with Gasteiger partial charge in [-0.1, -0.05) is 30.3 Å². The molecule has 1 heterocycles. The average Bonchev–Trinajstić information content (AvgIpc) is 3.02. The summed E-state index contributed by atoms with van der Waals surface area (Å²) in [5, 5.41) is 0. The highest BCUT2D eigenvalue weighted by Gasteiger charge is 2.03. The van der Waals surface area contributed by atoms with Crippen molar-refractivity contribution in [3.8, 4) is 28.2 Å². The summed E-state index contributed by atoms with van der Waals surface area (Å²) in [5.74, 6) is 1.75. The van der Waals surface area contributed by atoms with Crippen molar-refractivity contribution in [1.29, 1.82) is 0 Å². The first-order valence-electron chi connectivity index (χ1n) is 6.15. The van der Waals surface area contributed by atoms with Gasteiger partial charge in [0.25, 0.3) is 0 Å². The number of furan rings is 1. The third-order valence-electron chi connectivity index (χ3n) is 3.09. The fourth-order valence-electron chi connectivity index (χ4n) is 2.08. The van der Waals surface area contributed by atoms with Crippen LogP contribution in [0.3, 0.4) is 0 Å². The van der Waals surface area contributed by atoms with Gasteiger partial charge in [-0.3, -0.25) is 0 Å². The molecule has 0 amide bonds. The van der Waals surface area contributed by atoms with Gasteiger partial charge in [-0.25, -0.2) is 0 Å². The maximum atomic E-state index is 5.43. The van der Waals surface area contributed by atoms with Gasteiger partial charge in [-0.05, 0) is 41.5 Å². The Morgan fingerprint density at radius 2 is 1.58 bits per heavy atom. The topological polar surface area (TPSA) is 22.4 Å². The van der Waals surface area contributed by atoms with Crippen molar-refractivity contribution in [2.75, 3.05) is 7.11 Å². The minimum absolute atomic E-state index is 0.867. The average molecular weight is 250 g/mol. The van der Waals surface area contributed by atoms with Crippen LogP contribution >= 0.6 is 0 Å². The molecule has 2 nitrogen and oxygen atoms in total. The normalized spacial score (nSPS) is 10.4. The summed E-state index contributed by atoms with van der Waals surface area (Å²) in [6.07, 6.45) is 1.69. The zero-order valence-corrected chi connectivity index (χ0v) is 10.7. The largest absolute Gasteiger partial charge is 0.497 e. The Balaban J connectivity index is 1.98. The maximum Gasteiger partial charge on any atom is 0.133 e. The maximum absolute atomic E-state index is 5.43. The molecule has 0 radical (unpaired) electrons. The van der Waals surface area contributed by atoms with E-state index in [1.807, 2.05) is 36.4 Å². The molecule has 3 rings (SSSR count). The number of hydrogen-bond donors (Lipinski definition) is 0. The first-order chi connectivity index (χ1) is 9.36. The van der Waals surface area contributed by atoms with Crippen molar-refractivity contribution in [2.24, 2.45) is 0 Å². The van der Waals surface area contributed by atoms with E-state index in [9.17, 15) is 0 Å². The van der Waals surface area contributed by atoms with Gasteiger partial charge in [0.2, 0.25) is 0 Å². The van der Waals surface area contributed by atoms with Gasteiger partial charge in [0.1, 0.15) is 11.5 Å². The molecule has 0 aliphatic heterocycles. The van der Waals surface area contributed by atoms with E-state index >= 15 is 0 Å². The molecule has 0 unspecified atom stereocenters. The van der Waals surface area contributed by atoms with Gasteiger partial charge < -0.3 is 9.15 Å². The molecule has 0 atom stereocenters. The first kappa shape index (κ1) is 11.6. The third kappa shape index (κ3) is 2.38. The number of hydrogen-bond acceptors (Lipinski definition) is 2. The van der Waals surface area contributed by atoms with Crippen molar-refractivity contribution in [2.45, 2.75) is 0 Å². The lowest BCUT2D eigenvalue weighted by Crippen LogP contribution is -1.83. The molecule has 0 fully saturated rings. The van der Waals surface area contributed by atoms with Crippen LogP contribution in [0.5, 0.6) is 5.75 Å². The second kappa shape index (κ2) is 5.02. The lowest BCUT2D eigenvalue weighted by Gasteiger charge is -2.05. The van der Waals surface area contributed by atoms with Crippen molar-refractivity contribution in [3.63, 3.8) is 0 Å². The molecule has 0 aliphatic carbocycles. The predicted octanol–water partition coefficient (Wildman–Crippen LogP) is 4.62. The molecule has 1 aromatic heterocycles. The van der Waals surface area contributed by atoms with E-state index in [1.165, 1.54) is 0 Å². The summed E-state index contributed by atoms with van der Waals surface area (Å²) >= 11 is 0. The second-order valence-corrected chi connectivity index (χ2v) is 4.29. The summed E-state index contributed by atoms with van der Waals surface area (Å²) in [7, 11) is 1.67. The van der Waals surface area contributed by atoms with Crippen LogP contribution in [0.2, 0.25) is 0 Å². The van der Waals surface area contributed by atoms with Gasteiger partial charge >= 0.3 is 0 Å². The van der Waals surface area contributed by atoms with Crippen LogP contribution in [-0.4, -0.2) is 7.11 Å². The van der Waals surface area contributed by atoms with Crippen LogP contribution in [0.25, 0.3) is 22.5 Å². The van der Waals surface area contributed by atoms with Crippen molar-refractivity contribution in [1.82, 2.24) is 0 Å². The van der Waals surface area contributed by atoms with Crippen LogP contribution in [0.4, 0.5) is 0 Å². The number of ether oxygens (including phenoxy) is 1. The molecule has 2 aromatic carbocycles. The molecular weight excluding hydrogens is 236 g/mol. The first-order valence-corrected chi connectivity index (χ1v) is 6.15. The highest BCUT2D eigenvalue weighted by Crippen LogP contribution is 2.27. The summed E-state index contributed by atoms with van der Waals surface area (Å²) in [4.78, 5) is 0. The van der Waals surface area contributed by atoms with E-state index in [0.29, 0.717) is 0 Å². The molecule has 0 spiro atoms. The highest BCUT2D eigenvalue weighted by molar-refractivity contribution is 5.71. The molecule has 0 aliphatic rings. The second-order valence-electron chi connectivity index (χ2n) is 4.29. The van der Waals surface area contributed by atoms with Gasteiger partial charge in [0.05, 0.1) is 13.4 Å². The molecule has 2 heteroatoms. The monoisotopic (exact) mass is 250 g/mol. The van der Waals surface area contributed by atoms with Crippen LogP contribution in [0.1, 0.15) is 0 Å². The van der Waals surface area contributed by atoms with Gasteiger partial charge in [-0.15, -0.1) is 0 Å². The number of benzene rings is 2. The molecule has 0 saturated heterocycles. The Hall–Kier alpha value is -2.48. The SMILES string of the molecule is COc1ccc(-c2cccc(-c3ccco3)c2)cc1. The number of methoxy groups -OCH3 is 1. The van der Waals surface area contributed by atoms with E-state index in [0.717, 1.165) is 28.2 Å². The van der Waals surface area contributed by atoms with Crippen molar-refractivity contribution < 1.29 is 9.15 Å². The number of rotatable bonds is 3. The summed E-state index contributed by atoms with van der Waals surface area (Å²) in [6.45, 7) is 0. The standard InChI is InChI=1S/C17H14O2/c1-18-16-9-7-13(8-10-16)14-4-2-5-15(12-14)17-6-3-11-19-17/h2-12H,1H3. The summed E-state index contributed by atoms with van der Waals surface area (Å²) < 4.78 is 10.6. The van der Waals surface area contributed by atoms with Crippen molar-refractivity contribution >= 4 is 0 Å². The molecule has 0 bridgehead atoms. The van der Waals surface area contributed by atoms with Gasteiger partial charge in [0.15, 0.2) is 0 Å². The smallest absolute Gasteiger partial charge is 0.133 e. The van der Waals surface area contributed by atoms with E-state index in [2.05, 4.69) is 24.3 Å².